The molecule has 0 saturated heterocycles. The fraction of sp³-hybridized carbons (Fsp3) is 0. The van der Waals surface area contributed by atoms with E-state index in [9.17, 15) is 4.39 Å². The Hall–Kier alpha value is -2.31. The Balaban J connectivity index is 1.94. The van der Waals surface area contributed by atoms with Crippen molar-refractivity contribution in [3.63, 3.8) is 0 Å². The highest BCUT2D eigenvalue weighted by Gasteiger charge is 1.98. The van der Waals surface area contributed by atoms with Gasteiger partial charge in [0.05, 0.1) is 16.9 Å². The maximum Gasteiger partial charge on any atom is 0.141 e. The first-order chi connectivity index (χ1) is 9.25. The zero-order valence-electron chi connectivity index (χ0n) is 9.90. The Bertz CT molecular complexity index is 642. The SMILES string of the molecule is Fc1ccc(N/N=C\C#Cc2ccccc2)cc1Cl. The molecule has 2 rings (SSSR count). The van der Waals surface area contributed by atoms with Crippen molar-refractivity contribution < 1.29 is 4.39 Å². The predicted molar refractivity (Wildman–Crippen MR) is 76.8 cm³/mol. The standard InChI is InChI=1S/C15H10ClFN2/c16-14-11-13(8-9-15(14)17)19-18-10-4-7-12-5-2-1-3-6-12/h1-3,5-6,8-11,19H/b18-10-. The Morgan fingerprint density at radius 1 is 1.16 bits per heavy atom. The van der Waals surface area contributed by atoms with Gasteiger partial charge in [-0.3, -0.25) is 5.43 Å². The largest absolute Gasteiger partial charge is 0.278 e. The zero-order chi connectivity index (χ0) is 13.5. The van der Waals surface area contributed by atoms with Crippen LogP contribution < -0.4 is 5.43 Å². The molecule has 0 radical (unpaired) electrons. The summed E-state index contributed by atoms with van der Waals surface area (Å²) in [5, 5.41) is 3.95. The maximum atomic E-state index is 12.9. The first-order valence-corrected chi connectivity index (χ1v) is 5.93. The minimum Gasteiger partial charge on any atom is -0.278 e. The molecule has 0 aliphatic rings. The summed E-state index contributed by atoms with van der Waals surface area (Å²) in [6.45, 7) is 0. The van der Waals surface area contributed by atoms with Crippen LogP contribution in [0.2, 0.25) is 5.02 Å². The molecule has 4 heteroatoms. The molecule has 0 heterocycles. The molecule has 0 aliphatic heterocycles. The summed E-state index contributed by atoms with van der Waals surface area (Å²) in [5.74, 6) is 5.25. The van der Waals surface area contributed by atoms with E-state index in [1.807, 2.05) is 30.3 Å². The Kier molecular flexibility index (Phi) is 4.54. The molecule has 0 fully saturated rings. The summed E-state index contributed by atoms with van der Waals surface area (Å²) in [6, 6.07) is 13.9. The first-order valence-electron chi connectivity index (χ1n) is 5.55. The van der Waals surface area contributed by atoms with Crippen molar-refractivity contribution in [2.24, 2.45) is 5.10 Å². The van der Waals surface area contributed by atoms with Gasteiger partial charge in [-0.2, -0.15) is 5.10 Å². The zero-order valence-corrected chi connectivity index (χ0v) is 10.7. The van der Waals surface area contributed by atoms with Crippen LogP contribution in [-0.2, 0) is 0 Å². The summed E-state index contributed by atoms with van der Waals surface area (Å²) in [6.07, 6.45) is 1.43. The first kappa shape index (κ1) is 13.1. The molecule has 2 aromatic carbocycles. The van der Waals surface area contributed by atoms with E-state index in [0.717, 1.165) is 5.56 Å². The highest BCUT2D eigenvalue weighted by molar-refractivity contribution is 6.31. The van der Waals surface area contributed by atoms with Crippen LogP contribution in [0.15, 0.2) is 53.6 Å². The van der Waals surface area contributed by atoms with E-state index in [2.05, 4.69) is 22.4 Å². The topological polar surface area (TPSA) is 24.4 Å². The number of hydrogen-bond donors (Lipinski definition) is 1. The highest BCUT2D eigenvalue weighted by atomic mass is 35.5. The van der Waals surface area contributed by atoms with Crippen molar-refractivity contribution in [3.05, 3.63) is 64.9 Å². The van der Waals surface area contributed by atoms with E-state index in [1.165, 1.54) is 18.3 Å². The highest BCUT2D eigenvalue weighted by Crippen LogP contribution is 2.18. The molecule has 0 aliphatic carbocycles. The van der Waals surface area contributed by atoms with Gasteiger partial charge in [0.25, 0.3) is 0 Å². The molecule has 1 N–H and O–H groups in total. The van der Waals surface area contributed by atoms with Gasteiger partial charge in [-0.25, -0.2) is 4.39 Å². The monoisotopic (exact) mass is 272 g/mol. The Labute approximate surface area is 115 Å². The van der Waals surface area contributed by atoms with Gasteiger partial charge >= 0.3 is 0 Å². The number of nitrogens with zero attached hydrogens (tertiary/aromatic N) is 1. The second kappa shape index (κ2) is 6.58. The van der Waals surface area contributed by atoms with Crippen LogP contribution in [-0.4, -0.2) is 6.21 Å². The molecule has 0 aromatic heterocycles. The quantitative estimate of drug-likeness (QED) is 0.500. The summed E-state index contributed by atoms with van der Waals surface area (Å²) < 4.78 is 12.9. The smallest absolute Gasteiger partial charge is 0.141 e. The lowest BCUT2D eigenvalue weighted by Gasteiger charge is -1.99. The van der Waals surface area contributed by atoms with E-state index in [0.29, 0.717) is 5.69 Å². The molecule has 0 bridgehead atoms. The third kappa shape index (κ3) is 4.13. The van der Waals surface area contributed by atoms with Gasteiger partial charge in [0.15, 0.2) is 0 Å². The third-order valence-corrected chi connectivity index (χ3v) is 2.52. The van der Waals surface area contributed by atoms with Crippen molar-refractivity contribution in [1.29, 1.82) is 0 Å². The minimum absolute atomic E-state index is 0.0515. The van der Waals surface area contributed by atoms with Crippen LogP contribution in [0.4, 0.5) is 10.1 Å². The predicted octanol–water partition coefficient (Wildman–Crippen LogP) is 3.93. The van der Waals surface area contributed by atoms with Gasteiger partial charge < -0.3 is 0 Å². The lowest BCUT2D eigenvalue weighted by Crippen LogP contribution is -1.89. The molecule has 0 saturated carbocycles. The average molecular weight is 273 g/mol. The second-order valence-electron chi connectivity index (χ2n) is 3.63. The van der Waals surface area contributed by atoms with Crippen LogP contribution in [0.3, 0.4) is 0 Å². The lowest BCUT2D eigenvalue weighted by molar-refractivity contribution is 0.628. The van der Waals surface area contributed by atoms with E-state index in [1.54, 1.807) is 6.07 Å². The molecular formula is C15H10ClFN2. The number of benzene rings is 2. The van der Waals surface area contributed by atoms with Crippen molar-refractivity contribution in [1.82, 2.24) is 0 Å². The molecule has 0 atom stereocenters. The normalized spacial score (nSPS) is 10.0. The van der Waals surface area contributed by atoms with E-state index in [4.69, 9.17) is 11.6 Å². The van der Waals surface area contributed by atoms with Crippen LogP contribution in [0.5, 0.6) is 0 Å². The molecule has 94 valence electrons. The molecule has 0 spiro atoms. The van der Waals surface area contributed by atoms with Gasteiger partial charge in [-0.1, -0.05) is 35.7 Å². The fourth-order valence-corrected chi connectivity index (χ4v) is 1.52. The summed E-state index contributed by atoms with van der Waals surface area (Å²) in [7, 11) is 0. The number of anilines is 1. The Morgan fingerprint density at radius 2 is 1.95 bits per heavy atom. The molecular weight excluding hydrogens is 263 g/mol. The molecule has 0 amide bonds. The van der Waals surface area contributed by atoms with Crippen molar-refractivity contribution >= 4 is 23.5 Å². The third-order valence-electron chi connectivity index (χ3n) is 2.23. The lowest BCUT2D eigenvalue weighted by atomic mass is 10.2. The molecule has 19 heavy (non-hydrogen) atoms. The molecule has 2 nitrogen and oxygen atoms in total. The van der Waals surface area contributed by atoms with Crippen LogP contribution in [0, 0.1) is 17.7 Å². The van der Waals surface area contributed by atoms with E-state index < -0.39 is 5.82 Å². The number of halogens is 2. The van der Waals surface area contributed by atoms with E-state index >= 15 is 0 Å². The van der Waals surface area contributed by atoms with Gasteiger partial charge in [-0.15, -0.1) is 0 Å². The minimum atomic E-state index is -0.458. The average Bonchev–Trinajstić information content (AvgIpc) is 2.43. The molecule has 2 aromatic rings. The number of rotatable bonds is 2. The fourth-order valence-electron chi connectivity index (χ4n) is 1.34. The number of nitrogens with one attached hydrogen (secondary N) is 1. The Morgan fingerprint density at radius 3 is 2.68 bits per heavy atom. The van der Waals surface area contributed by atoms with Crippen molar-refractivity contribution in [2.45, 2.75) is 0 Å². The van der Waals surface area contributed by atoms with Crippen molar-refractivity contribution in [2.75, 3.05) is 5.43 Å². The van der Waals surface area contributed by atoms with Crippen LogP contribution >= 0.6 is 11.6 Å². The van der Waals surface area contributed by atoms with Gasteiger partial charge in [0.2, 0.25) is 0 Å². The van der Waals surface area contributed by atoms with E-state index in [-0.39, 0.29) is 5.02 Å². The molecule has 0 unspecified atom stereocenters. The number of hydrogen-bond acceptors (Lipinski definition) is 2. The van der Waals surface area contributed by atoms with Gasteiger partial charge in [-0.05, 0) is 36.3 Å². The van der Waals surface area contributed by atoms with Crippen LogP contribution in [0.25, 0.3) is 0 Å². The van der Waals surface area contributed by atoms with Crippen molar-refractivity contribution in [3.8, 4) is 11.8 Å². The van der Waals surface area contributed by atoms with Crippen LogP contribution in [0.1, 0.15) is 5.56 Å². The summed E-state index contributed by atoms with van der Waals surface area (Å²) in [5.41, 5.74) is 4.23. The summed E-state index contributed by atoms with van der Waals surface area (Å²) >= 11 is 5.64. The summed E-state index contributed by atoms with van der Waals surface area (Å²) in [4.78, 5) is 0. The van der Waals surface area contributed by atoms with Gasteiger partial charge in [0.1, 0.15) is 5.82 Å². The van der Waals surface area contributed by atoms with Gasteiger partial charge in [0, 0.05) is 5.56 Å². The second-order valence-corrected chi connectivity index (χ2v) is 4.04. The number of hydrazone groups is 1. The maximum absolute atomic E-state index is 12.9.